The summed E-state index contributed by atoms with van der Waals surface area (Å²) < 4.78 is 0. The molecule has 4 nitrogen and oxygen atoms in total. The maximum atomic E-state index is 12.7. The Kier molecular flexibility index (Phi) is 5.66. The summed E-state index contributed by atoms with van der Waals surface area (Å²) in [6.07, 6.45) is 3.85. The Labute approximate surface area is 148 Å². The number of hydrogen-bond donors (Lipinski definition) is 0. The van der Waals surface area contributed by atoms with E-state index >= 15 is 0 Å². The third kappa shape index (κ3) is 4.52. The van der Waals surface area contributed by atoms with Crippen molar-refractivity contribution in [3.63, 3.8) is 0 Å². The normalized spacial score (nSPS) is 21.9. The average molecular weight is 337 g/mol. The molecule has 24 heavy (non-hydrogen) atoms. The van der Waals surface area contributed by atoms with Crippen LogP contribution in [-0.4, -0.2) is 47.8 Å². The molecule has 0 spiro atoms. The van der Waals surface area contributed by atoms with Gasteiger partial charge in [0, 0.05) is 37.5 Å². The molecule has 0 aromatic rings. The Bertz CT molecular complexity index is 457. The molecule has 0 aromatic carbocycles. The fourth-order valence-electron chi connectivity index (χ4n) is 4.08. The number of carbonyl (C=O) groups is 2. The predicted octanol–water partition coefficient (Wildman–Crippen LogP) is 4.19. The van der Waals surface area contributed by atoms with E-state index in [2.05, 4.69) is 20.8 Å². The van der Waals surface area contributed by atoms with E-state index in [1.807, 2.05) is 30.6 Å². The van der Waals surface area contributed by atoms with Crippen molar-refractivity contribution >= 4 is 11.8 Å². The van der Waals surface area contributed by atoms with Gasteiger partial charge in [-0.2, -0.15) is 0 Å². The first-order valence-corrected chi connectivity index (χ1v) is 9.58. The average Bonchev–Trinajstić information content (AvgIpc) is 2.52. The molecule has 0 unspecified atom stereocenters. The van der Waals surface area contributed by atoms with Gasteiger partial charge in [0.25, 0.3) is 0 Å². The SMILES string of the molecule is CC(C)(C)C(=O)C1CCN(C(=O)N2CCC(C(C)(C)C)CC2)CC1. The highest BCUT2D eigenvalue weighted by Gasteiger charge is 2.36. The van der Waals surface area contributed by atoms with E-state index in [9.17, 15) is 9.59 Å². The third-order valence-corrected chi connectivity index (χ3v) is 5.87. The van der Waals surface area contributed by atoms with Crippen LogP contribution in [-0.2, 0) is 4.79 Å². The van der Waals surface area contributed by atoms with Crippen LogP contribution < -0.4 is 0 Å². The van der Waals surface area contributed by atoms with Crippen LogP contribution in [0.15, 0.2) is 0 Å². The Morgan fingerprint density at radius 1 is 0.750 bits per heavy atom. The van der Waals surface area contributed by atoms with Gasteiger partial charge in [-0.05, 0) is 37.0 Å². The number of rotatable bonds is 1. The van der Waals surface area contributed by atoms with Gasteiger partial charge in [0.1, 0.15) is 5.78 Å². The van der Waals surface area contributed by atoms with Crippen LogP contribution in [0.5, 0.6) is 0 Å². The van der Waals surface area contributed by atoms with Gasteiger partial charge in [-0.3, -0.25) is 4.79 Å². The van der Waals surface area contributed by atoms with E-state index < -0.39 is 0 Å². The zero-order chi connectivity index (χ0) is 18.1. The first kappa shape index (κ1) is 19.3. The van der Waals surface area contributed by atoms with Crippen LogP contribution in [0.3, 0.4) is 0 Å². The fourth-order valence-corrected chi connectivity index (χ4v) is 4.08. The van der Waals surface area contributed by atoms with Crippen molar-refractivity contribution in [2.24, 2.45) is 22.7 Å². The van der Waals surface area contributed by atoms with Gasteiger partial charge in [-0.15, -0.1) is 0 Å². The van der Waals surface area contributed by atoms with Crippen molar-refractivity contribution in [3.8, 4) is 0 Å². The molecule has 2 rings (SSSR count). The number of ketones is 1. The molecule has 2 aliphatic heterocycles. The molecule has 0 atom stereocenters. The lowest BCUT2D eigenvalue weighted by Crippen LogP contribution is -2.51. The number of nitrogens with zero attached hydrogens (tertiary/aromatic N) is 2. The van der Waals surface area contributed by atoms with Crippen LogP contribution in [0.25, 0.3) is 0 Å². The Hall–Kier alpha value is -1.06. The Morgan fingerprint density at radius 2 is 1.17 bits per heavy atom. The molecule has 0 aromatic heterocycles. The minimum absolute atomic E-state index is 0.126. The van der Waals surface area contributed by atoms with Gasteiger partial charge in [-0.1, -0.05) is 41.5 Å². The number of carbonyl (C=O) groups excluding carboxylic acids is 2. The number of urea groups is 1. The van der Waals surface area contributed by atoms with E-state index in [1.54, 1.807) is 0 Å². The van der Waals surface area contributed by atoms with E-state index in [4.69, 9.17) is 0 Å². The Balaban J connectivity index is 1.83. The molecule has 2 saturated heterocycles. The van der Waals surface area contributed by atoms with Crippen LogP contribution in [0, 0.1) is 22.7 Å². The predicted molar refractivity (Wildman–Crippen MR) is 97.9 cm³/mol. The molecule has 0 aliphatic carbocycles. The molecule has 2 fully saturated rings. The molecule has 2 heterocycles. The van der Waals surface area contributed by atoms with Crippen LogP contribution in [0.4, 0.5) is 4.79 Å². The lowest BCUT2D eigenvalue weighted by atomic mass is 9.75. The highest BCUT2D eigenvalue weighted by Crippen LogP contribution is 2.35. The summed E-state index contributed by atoms with van der Waals surface area (Å²) in [5, 5.41) is 0. The van der Waals surface area contributed by atoms with E-state index in [0.717, 1.165) is 51.9 Å². The van der Waals surface area contributed by atoms with Crippen LogP contribution in [0.2, 0.25) is 0 Å². The smallest absolute Gasteiger partial charge is 0.319 e. The number of Topliss-reactive ketones (excluding diaryl/α,β-unsaturated/α-hetero) is 1. The van der Waals surface area contributed by atoms with Crippen molar-refractivity contribution in [1.82, 2.24) is 9.80 Å². The first-order chi connectivity index (χ1) is 11.0. The number of hydrogen-bond acceptors (Lipinski definition) is 2. The molecule has 0 bridgehead atoms. The maximum Gasteiger partial charge on any atom is 0.319 e. The number of piperidine rings is 2. The monoisotopic (exact) mass is 336 g/mol. The second-order valence-electron chi connectivity index (χ2n) is 9.79. The standard InChI is InChI=1S/C20H36N2O2/c1-19(2,3)16-9-13-22(14-10-16)18(24)21-11-7-15(8-12-21)17(23)20(4,5)6/h15-16H,7-14H2,1-6H3. The highest BCUT2D eigenvalue weighted by atomic mass is 16.2. The molecule has 0 saturated carbocycles. The first-order valence-electron chi connectivity index (χ1n) is 9.58. The minimum Gasteiger partial charge on any atom is -0.325 e. The van der Waals surface area contributed by atoms with Crippen molar-refractivity contribution in [2.45, 2.75) is 67.2 Å². The second-order valence-corrected chi connectivity index (χ2v) is 9.79. The van der Waals surface area contributed by atoms with Crippen molar-refractivity contribution in [3.05, 3.63) is 0 Å². The van der Waals surface area contributed by atoms with Crippen molar-refractivity contribution in [2.75, 3.05) is 26.2 Å². The van der Waals surface area contributed by atoms with Gasteiger partial charge in [-0.25, -0.2) is 4.79 Å². The zero-order valence-corrected chi connectivity index (χ0v) is 16.5. The molecule has 2 aliphatic rings. The van der Waals surface area contributed by atoms with Crippen molar-refractivity contribution < 1.29 is 9.59 Å². The van der Waals surface area contributed by atoms with Gasteiger partial charge in [0.05, 0.1) is 0 Å². The summed E-state index contributed by atoms with van der Waals surface area (Å²) in [6, 6.07) is 0.184. The molecule has 138 valence electrons. The summed E-state index contributed by atoms with van der Waals surface area (Å²) in [6.45, 7) is 16.1. The molecule has 2 amide bonds. The lowest BCUT2D eigenvalue weighted by molar-refractivity contribution is -0.131. The highest BCUT2D eigenvalue weighted by molar-refractivity contribution is 5.86. The third-order valence-electron chi connectivity index (χ3n) is 5.87. The molecule has 4 heteroatoms. The second kappa shape index (κ2) is 7.05. The molecule has 0 N–H and O–H groups in total. The summed E-state index contributed by atoms with van der Waals surface area (Å²) in [5.74, 6) is 1.18. The van der Waals surface area contributed by atoms with Crippen molar-refractivity contribution in [1.29, 1.82) is 0 Å². The van der Waals surface area contributed by atoms with Gasteiger partial charge >= 0.3 is 6.03 Å². The quantitative estimate of drug-likeness (QED) is 0.720. The number of amides is 2. The van der Waals surface area contributed by atoms with E-state index in [-0.39, 0.29) is 17.4 Å². The summed E-state index contributed by atoms with van der Waals surface area (Å²) in [4.78, 5) is 29.1. The maximum absolute atomic E-state index is 12.7. The molecular weight excluding hydrogens is 300 g/mol. The largest absolute Gasteiger partial charge is 0.325 e. The summed E-state index contributed by atoms with van der Waals surface area (Å²) in [5.41, 5.74) is 0.0620. The summed E-state index contributed by atoms with van der Waals surface area (Å²) in [7, 11) is 0. The lowest BCUT2D eigenvalue weighted by Gasteiger charge is -2.42. The van der Waals surface area contributed by atoms with Gasteiger partial charge < -0.3 is 9.80 Å². The molecule has 0 radical (unpaired) electrons. The molecular formula is C20H36N2O2. The number of likely N-dealkylation sites (tertiary alicyclic amines) is 2. The zero-order valence-electron chi connectivity index (χ0n) is 16.5. The fraction of sp³-hybridized carbons (Fsp3) is 0.900. The topological polar surface area (TPSA) is 40.6 Å². The van der Waals surface area contributed by atoms with Crippen LogP contribution in [0.1, 0.15) is 67.2 Å². The van der Waals surface area contributed by atoms with Gasteiger partial charge in [0.2, 0.25) is 0 Å². The Morgan fingerprint density at radius 3 is 1.54 bits per heavy atom. The minimum atomic E-state index is -0.272. The van der Waals surface area contributed by atoms with Gasteiger partial charge in [0.15, 0.2) is 0 Å². The van der Waals surface area contributed by atoms with Crippen LogP contribution >= 0.6 is 0 Å². The summed E-state index contributed by atoms with van der Waals surface area (Å²) >= 11 is 0. The van der Waals surface area contributed by atoms with E-state index in [1.165, 1.54) is 0 Å². The van der Waals surface area contributed by atoms with E-state index in [0.29, 0.717) is 17.1 Å².